The predicted octanol–water partition coefficient (Wildman–Crippen LogP) is 2.94. The van der Waals surface area contributed by atoms with Gasteiger partial charge in [-0.15, -0.1) is 11.3 Å². The monoisotopic (exact) mass is 364 g/mol. The Hall–Kier alpha value is -0.460. The minimum Gasteiger partial charge on any atom is -0.312 e. The highest BCUT2D eigenvalue weighted by atomic mass is 32.1. The van der Waals surface area contributed by atoms with Crippen molar-refractivity contribution in [2.24, 2.45) is 0 Å². The zero-order valence-corrected chi connectivity index (χ0v) is 17.5. The molecule has 0 radical (unpaired) electrons. The van der Waals surface area contributed by atoms with Crippen molar-refractivity contribution in [3.05, 3.63) is 22.4 Å². The Morgan fingerprint density at radius 2 is 1.80 bits per heavy atom. The third-order valence-corrected chi connectivity index (χ3v) is 6.61. The number of piperidine rings is 1. The van der Waals surface area contributed by atoms with E-state index in [4.69, 9.17) is 0 Å². The summed E-state index contributed by atoms with van der Waals surface area (Å²) in [7, 11) is 2.23. The standard InChI is InChI=1S/C20H36N4S/c1-19(2)13-16(14-20(3,4)22-19)21-15-17(18-7-6-12-25-18)24-10-8-23(5)9-11-24/h6-7,12,16-17,21-22H,8-11,13-15H2,1-5H3/t17-/m0/s1. The van der Waals surface area contributed by atoms with Crippen molar-refractivity contribution in [2.45, 2.75) is 63.7 Å². The van der Waals surface area contributed by atoms with E-state index < -0.39 is 0 Å². The van der Waals surface area contributed by atoms with Gasteiger partial charge in [-0.3, -0.25) is 4.90 Å². The topological polar surface area (TPSA) is 30.5 Å². The Labute approximate surface area is 158 Å². The van der Waals surface area contributed by atoms with Gasteiger partial charge >= 0.3 is 0 Å². The minimum absolute atomic E-state index is 0.200. The molecule has 0 amide bonds. The number of nitrogens with zero attached hydrogens (tertiary/aromatic N) is 2. The van der Waals surface area contributed by atoms with E-state index in [1.807, 2.05) is 11.3 Å². The van der Waals surface area contributed by atoms with E-state index in [1.165, 1.54) is 43.9 Å². The van der Waals surface area contributed by atoms with E-state index in [0.29, 0.717) is 12.1 Å². The van der Waals surface area contributed by atoms with E-state index in [1.54, 1.807) is 0 Å². The Balaban J connectivity index is 1.65. The molecule has 2 N–H and O–H groups in total. The van der Waals surface area contributed by atoms with Gasteiger partial charge < -0.3 is 15.5 Å². The average Bonchev–Trinajstić information content (AvgIpc) is 3.00. The highest BCUT2D eigenvalue weighted by Crippen LogP contribution is 2.30. The van der Waals surface area contributed by atoms with Crippen LogP contribution in [0.3, 0.4) is 0 Å². The highest BCUT2D eigenvalue weighted by molar-refractivity contribution is 7.10. The lowest BCUT2D eigenvalue weighted by Crippen LogP contribution is -2.62. The fourth-order valence-corrected chi connectivity index (χ4v) is 5.63. The molecule has 5 heteroatoms. The van der Waals surface area contributed by atoms with Gasteiger partial charge in [0.2, 0.25) is 0 Å². The molecule has 0 aromatic carbocycles. The van der Waals surface area contributed by atoms with Gasteiger partial charge in [0.15, 0.2) is 0 Å². The van der Waals surface area contributed by atoms with Gasteiger partial charge in [-0.2, -0.15) is 0 Å². The van der Waals surface area contributed by atoms with Crippen LogP contribution in [0.15, 0.2) is 17.5 Å². The Kier molecular flexibility index (Phi) is 5.91. The molecule has 25 heavy (non-hydrogen) atoms. The fraction of sp³-hybridized carbons (Fsp3) is 0.800. The summed E-state index contributed by atoms with van der Waals surface area (Å²) >= 11 is 1.90. The van der Waals surface area contributed by atoms with Crippen molar-refractivity contribution < 1.29 is 0 Å². The first-order chi connectivity index (χ1) is 11.7. The summed E-state index contributed by atoms with van der Waals surface area (Å²) in [6, 6.07) is 5.60. The first-order valence-electron chi connectivity index (χ1n) is 9.73. The molecule has 0 unspecified atom stereocenters. The molecule has 2 aliphatic rings. The lowest BCUT2D eigenvalue weighted by atomic mass is 9.79. The molecule has 0 aliphatic carbocycles. The Morgan fingerprint density at radius 1 is 1.16 bits per heavy atom. The summed E-state index contributed by atoms with van der Waals surface area (Å²) in [5.74, 6) is 0. The molecular formula is C20H36N4S. The molecule has 3 rings (SSSR count). The van der Waals surface area contributed by atoms with Gasteiger partial charge in [-0.1, -0.05) is 6.07 Å². The molecule has 4 nitrogen and oxygen atoms in total. The van der Waals surface area contributed by atoms with Crippen LogP contribution in [0.25, 0.3) is 0 Å². The van der Waals surface area contributed by atoms with Crippen molar-refractivity contribution in [3.63, 3.8) is 0 Å². The molecule has 2 saturated heterocycles. The van der Waals surface area contributed by atoms with Crippen molar-refractivity contribution in [1.29, 1.82) is 0 Å². The number of rotatable bonds is 5. The second-order valence-electron chi connectivity index (χ2n) is 9.28. The van der Waals surface area contributed by atoms with Crippen LogP contribution >= 0.6 is 11.3 Å². The summed E-state index contributed by atoms with van der Waals surface area (Å²) < 4.78 is 0. The predicted molar refractivity (Wildman–Crippen MR) is 108 cm³/mol. The maximum Gasteiger partial charge on any atom is 0.0567 e. The molecule has 0 bridgehead atoms. The lowest BCUT2D eigenvalue weighted by molar-refractivity contribution is 0.100. The third kappa shape index (κ3) is 5.27. The molecule has 1 aromatic heterocycles. The van der Waals surface area contributed by atoms with Gasteiger partial charge in [0.1, 0.15) is 0 Å². The second kappa shape index (κ2) is 7.65. The molecule has 2 fully saturated rings. The van der Waals surface area contributed by atoms with Gasteiger partial charge in [0, 0.05) is 54.7 Å². The summed E-state index contributed by atoms with van der Waals surface area (Å²) in [5.41, 5.74) is 0.400. The zero-order chi connectivity index (χ0) is 18.1. The first-order valence-corrected chi connectivity index (χ1v) is 10.6. The highest BCUT2D eigenvalue weighted by Gasteiger charge is 2.38. The van der Waals surface area contributed by atoms with Crippen LogP contribution in [0, 0.1) is 0 Å². The number of nitrogens with one attached hydrogen (secondary N) is 2. The van der Waals surface area contributed by atoms with Crippen LogP contribution in [-0.4, -0.2) is 66.7 Å². The van der Waals surface area contributed by atoms with Crippen LogP contribution in [0.5, 0.6) is 0 Å². The quantitative estimate of drug-likeness (QED) is 0.841. The molecule has 3 heterocycles. The van der Waals surface area contributed by atoms with Crippen molar-refractivity contribution in [3.8, 4) is 0 Å². The molecule has 0 spiro atoms. The summed E-state index contributed by atoms with van der Waals surface area (Å²) in [6.07, 6.45) is 2.38. The number of hydrogen-bond acceptors (Lipinski definition) is 5. The Bertz CT molecular complexity index is 516. The van der Waals surface area contributed by atoms with Crippen molar-refractivity contribution >= 4 is 11.3 Å². The number of thiophene rings is 1. The maximum atomic E-state index is 3.94. The summed E-state index contributed by atoms with van der Waals surface area (Å²) in [4.78, 5) is 6.62. The third-order valence-electron chi connectivity index (χ3n) is 5.64. The van der Waals surface area contributed by atoms with E-state index in [2.05, 4.69) is 72.7 Å². The van der Waals surface area contributed by atoms with E-state index >= 15 is 0 Å². The Morgan fingerprint density at radius 3 is 2.36 bits per heavy atom. The van der Waals surface area contributed by atoms with Gasteiger partial charge in [-0.05, 0) is 59.0 Å². The number of piperazine rings is 1. The minimum atomic E-state index is 0.200. The molecule has 1 aromatic rings. The fourth-order valence-electron chi connectivity index (χ4n) is 4.77. The summed E-state index contributed by atoms with van der Waals surface area (Å²) in [5, 5.41) is 9.95. The molecule has 2 aliphatic heterocycles. The normalized spacial score (nSPS) is 26.6. The smallest absolute Gasteiger partial charge is 0.0567 e. The van der Waals surface area contributed by atoms with Crippen LogP contribution in [-0.2, 0) is 0 Å². The first kappa shape index (κ1) is 19.3. The molecule has 0 saturated carbocycles. The van der Waals surface area contributed by atoms with E-state index in [9.17, 15) is 0 Å². The van der Waals surface area contributed by atoms with Gasteiger partial charge in [0.05, 0.1) is 6.04 Å². The zero-order valence-electron chi connectivity index (χ0n) is 16.6. The van der Waals surface area contributed by atoms with Gasteiger partial charge in [0.25, 0.3) is 0 Å². The number of hydrogen-bond donors (Lipinski definition) is 2. The van der Waals surface area contributed by atoms with E-state index in [0.717, 1.165) is 6.54 Å². The van der Waals surface area contributed by atoms with Crippen molar-refractivity contribution in [2.75, 3.05) is 39.8 Å². The molecule has 142 valence electrons. The van der Waals surface area contributed by atoms with Crippen LogP contribution in [0.4, 0.5) is 0 Å². The molecular weight excluding hydrogens is 328 g/mol. The maximum absolute atomic E-state index is 3.94. The van der Waals surface area contributed by atoms with E-state index in [-0.39, 0.29) is 11.1 Å². The summed E-state index contributed by atoms with van der Waals surface area (Å²) in [6.45, 7) is 15.1. The van der Waals surface area contributed by atoms with Crippen LogP contribution < -0.4 is 10.6 Å². The second-order valence-corrected chi connectivity index (χ2v) is 10.3. The van der Waals surface area contributed by atoms with Crippen LogP contribution in [0.2, 0.25) is 0 Å². The van der Waals surface area contributed by atoms with Gasteiger partial charge in [-0.25, -0.2) is 0 Å². The van der Waals surface area contributed by atoms with Crippen molar-refractivity contribution in [1.82, 2.24) is 20.4 Å². The lowest BCUT2D eigenvalue weighted by Gasteiger charge is -2.47. The number of likely N-dealkylation sites (N-methyl/N-ethyl adjacent to an activating group) is 1. The largest absolute Gasteiger partial charge is 0.312 e. The van der Waals surface area contributed by atoms with Crippen LogP contribution in [0.1, 0.15) is 51.5 Å². The SMILES string of the molecule is CN1CCN([C@@H](CNC2CC(C)(C)NC(C)(C)C2)c2cccs2)CC1. The average molecular weight is 365 g/mol. The molecule has 1 atom stereocenters.